The first-order chi connectivity index (χ1) is 13.7. The van der Waals surface area contributed by atoms with E-state index in [1.807, 2.05) is 0 Å². The van der Waals surface area contributed by atoms with E-state index in [0.717, 1.165) is 38.6 Å². The molecule has 5 fully saturated rings. The Bertz CT molecular complexity index is 732. The van der Waals surface area contributed by atoms with Crippen LogP contribution in [0.4, 0.5) is 0 Å². The molecule has 0 heterocycles. The van der Waals surface area contributed by atoms with Crippen molar-refractivity contribution < 1.29 is 15.0 Å². The van der Waals surface area contributed by atoms with E-state index in [2.05, 4.69) is 25.7 Å². The van der Waals surface area contributed by atoms with Crippen LogP contribution in [0.2, 0.25) is 0 Å². The molecule has 0 aromatic heterocycles. The second-order valence-corrected chi connectivity index (χ2v) is 11.7. The molecule has 5 rings (SSSR count). The van der Waals surface area contributed by atoms with E-state index in [1.54, 1.807) is 0 Å². The van der Waals surface area contributed by atoms with Crippen molar-refractivity contribution in [2.45, 2.75) is 84.2 Å². The second-order valence-electron chi connectivity index (χ2n) is 11.7. The van der Waals surface area contributed by atoms with Crippen molar-refractivity contribution in [3.63, 3.8) is 0 Å². The second kappa shape index (κ2) is 6.32. The smallest absolute Gasteiger partial charge is 0.223 e. The van der Waals surface area contributed by atoms with E-state index in [1.165, 1.54) is 31.3 Å². The van der Waals surface area contributed by atoms with Crippen LogP contribution in [0.3, 0.4) is 0 Å². The minimum Gasteiger partial charge on any atom is -0.396 e. The van der Waals surface area contributed by atoms with Gasteiger partial charge < -0.3 is 15.5 Å². The Balaban J connectivity index is 1.50. The summed E-state index contributed by atoms with van der Waals surface area (Å²) in [5, 5.41) is 24.0. The number of hydrogen-bond donors (Lipinski definition) is 3. The number of carbonyl (C=O) groups excluding carboxylic acids is 1. The average Bonchev–Trinajstić information content (AvgIpc) is 3.61. The molecule has 4 nitrogen and oxygen atoms in total. The molecule has 3 N–H and O–H groups in total. The summed E-state index contributed by atoms with van der Waals surface area (Å²) >= 11 is 0. The highest BCUT2D eigenvalue weighted by molar-refractivity contribution is 5.80. The molecule has 7 atom stereocenters. The molecule has 4 heteroatoms. The van der Waals surface area contributed by atoms with Crippen LogP contribution < -0.4 is 5.32 Å². The van der Waals surface area contributed by atoms with Gasteiger partial charge in [-0.15, -0.1) is 0 Å². The summed E-state index contributed by atoms with van der Waals surface area (Å²) < 4.78 is 0. The Labute approximate surface area is 175 Å². The number of hydrogen-bond acceptors (Lipinski definition) is 3. The van der Waals surface area contributed by atoms with Crippen LogP contribution in [0.1, 0.15) is 78.1 Å². The lowest BCUT2D eigenvalue weighted by atomic mass is 9.49. The SMILES string of the molecule is C=C1CC[C@H]2C3(CNC(=O)C4CC4)C[C@]3([C@@]3(C)CC[C@H](O)C[C@@H]3CO)CC[C@]12C. The van der Waals surface area contributed by atoms with Gasteiger partial charge in [-0.1, -0.05) is 26.0 Å². The fraction of sp³-hybridized carbons (Fsp3) is 0.880. The van der Waals surface area contributed by atoms with E-state index >= 15 is 0 Å². The Morgan fingerprint density at radius 1 is 1.17 bits per heavy atom. The van der Waals surface area contributed by atoms with Crippen molar-refractivity contribution in [1.29, 1.82) is 0 Å². The molecule has 162 valence electrons. The largest absolute Gasteiger partial charge is 0.396 e. The minimum absolute atomic E-state index is 0.0382. The first-order valence-electron chi connectivity index (χ1n) is 12.0. The Morgan fingerprint density at radius 3 is 2.62 bits per heavy atom. The quantitative estimate of drug-likeness (QED) is 0.614. The zero-order chi connectivity index (χ0) is 20.7. The average molecular weight is 402 g/mol. The molecule has 29 heavy (non-hydrogen) atoms. The highest BCUT2D eigenvalue weighted by Crippen LogP contribution is 2.86. The number of aliphatic hydroxyl groups is 2. The molecular formula is C25H39NO3. The van der Waals surface area contributed by atoms with Gasteiger partial charge in [-0.3, -0.25) is 4.79 Å². The first kappa shape index (κ1) is 20.1. The van der Waals surface area contributed by atoms with Crippen molar-refractivity contribution in [2.24, 2.45) is 39.4 Å². The van der Waals surface area contributed by atoms with Gasteiger partial charge in [-0.05, 0) is 97.7 Å². The monoisotopic (exact) mass is 401 g/mol. The Morgan fingerprint density at radius 2 is 1.93 bits per heavy atom. The zero-order valence-electron chi connectivity index (χ0n) is 18.3. The summed E-state index contributed by atoms with van der Waals surface area (Å²) in [6, 6.07) is 0. The van der Waals surface area contributed by atoms with Crippen molar-refractivity contribution in [1.82, 2.24) is 5.32 Å². The number of fused-ring (bicyclic) bond motifs is 3. The molecule has 5 aliphatic carbocycles. The van der Waals surface area contributed by atoms with Crippen LogP contribution in [0.15, 0.2) is 12.2 Å². The highest BCUT2D eigenvalue weighted by Gasteiger charge is 2.81. The number of nitrogens with one attached hydrogen (secondary N) is 1. The maximum Gasteiger partial charge on any atom is 0.223 e. The number of rotatable bonds is 5. The van der Waals surface area contributed by atoms with Crippen LogP contribution >= 0.6 is 0 Å². The third-order valence-electron chi connectivity index (χ3n) is 10.8. The van der Waals surface area contributed by atoms with E-state index < -0.39 is 0 Å². The van der Waals surface area contributed by atoms with Crippen LogP contribution in [-0.2, 0) is 4.79 Å². The van der Waals surface area contributed by atoms with Gasteiger partial charge in [0.1, 0.15) is 0 Å². The molecule has 0 bridgehead atoms. The Hall–Kier alpha value is -0.870. The van der Waals surface area contributed by atoms with Crippen molar-refractivity contribution in [3.8, 4) is 0 Å². The van der Waals surface area contributed by atoms with Crippen LogP contribution in [0.5, 0.6) is 0 Å². The molecule has 0 aromatic rings. The summed E-state index contributed by atoms with van der Waals surface area (Å²) in [5.74, 6) is 1.24. The zero-order valence-corrected chi connectivity index (χ0v) is 18.3. The molecule has 0 saturated heterocycles. The van der Waals surface area contributed by atoms with E-state index in [-0.39, 0.29) is 52.1 Å². The van der Waals surface area contributed by atoms with E-state index in [9.17, 15) is 15.0 Å². The summed E-state index contributed by atoms with van der Waals surface area (Å²) in [7, 11) is 0. The van der Waals surface area contributed by atoms with Crippen molar-refractivity contribution in [2.75, 3.05) is 13.2 Å². The summed E-state index contributed by atoms with van der Waals surface area (Å²) in [5.41, 5.74) is 1.96. The van der Waals surface area contributed by atoms with Gasteiger partial charge in [0.05, 0.1) is 6.10 Å². The molecule has 0 aromatic carbocycles. The molecule has 5 aliphatic rings. The maximum atomic E-state index is 12.6. The molecule has 5 saturated carbocycles. The lowest BCUT2D eigenvalue weighted by Gasteiger charge is -2.56. The van der Waals surface area contributed by atoms with Crippen LogP contribution in [-0.4, -0.2) is 35.4 Å². The summed E-state index contributed by atoms with van der Waals surface area (Å²) in [6.45, 7) is 10.2. The van der Waals surface area contributed by atoms with Gasteiger partial charge in [0, 0.05) is 19.1 Å². The molecule has 0 aliphatic heterocycles. The topological polar surface area (TPSA) is 69.6 Å². The Kier molecular flexibility index (Phi) is 4.37. The standard InChI is InChI=1S/C25H39NO3/c1-16-4-7-20-22(16,2)10-11-25(23(3)9-8-19(28)12-18(23)13-27)14-24(20,25)15-26-21(29)17-5-6-17/h17-20,27-28H,1,4-15H2,2-3H3,(H,26,29)/t18-,19+,20-,22-,23+,24?,25+/m1/s1. The molecule has 1 amide bonds. The van der Waals surface area contributed by atoms with Crippen LogP contribution in [0.25, 0.3) is 0 Å². The molecule has 1 unspecified atom stereocenters. The lowest BCUT2D eigenvalue weighted by molar-refractivity contribution is -0.124. The molecular weight excluding hydrogens is 362 g/mol. The maximum absolute atomic E-state index is 12.6. The van der Waals surface area contributed by atoms with Gasteiger partial charge in [0.25, 0.3) is 0 Å². The van der Waals surface area contributed by atoms with Gasteiger partial charge in [-0.25, -0.2) is 0 Å². The van der Waals surface area contributed by atoms with Gasteiger partial charge in [0.15, 0.2) is 0 Å². The normalized spacial score (nSPS) is 51.3. The van der Waals surface area contributed by atoms with Gasteiger partial charge in [-0.2, -0.15) is 0 Å². The predicted octanol–water partition coefficient (Wildman–Crippen LogP) is 3.82. The number of allylic oxidation sites excluding steroid dienone is 1. The third-order valence-corrected chi connectivity index (χ3v) is 10.8. The van der Waals surface area contributed by atoms with Crippen molar-refractivity contribution in [3.05, 3.63) is 12.2 Å². The van der Waals surface area contributed by atoms with E-state index in [4.69, 9.17) is 0 Å². The van der Waals surface area contributed by atoms with Gasteiger partial charge in [0.2, 0.25) is 5.91 Å². The number of carbonyl (C=O) groups is 1. The van der Waals surface area contributed by atoms with Crippen LogP contribution in [0, 0.1) is 39.4 Å². The number of amides is 1. The van der Waals surface area contributed by atoms with Crippen molar-refractivity contribution >= 4 is 5.91 Å². The predicted molar refractivity (Wildman–Crippen MR) is 113 cm³/mol. The first-order valence-corrected chi connectivity index (χ1v) is 12.0. The minimum atomic E-state index is -0.278. The highest BCUT2D eigenvalue weighted by atomic mass is 16.3. The summed E-state index contributed by atoms with van der Waals surface area (Å²) in [6.07, 6.45) is 10.2. The fourth-order valence-corrected chi connectivity index (χ4v) is 8.60. The third kappa shape index (κ3) is 2.54. The summed E-state index contributed by atoms with van der Waals surface area (Å²) in [4.78, 5) is 12.6. The number of aliphatic hydroxyl groups excluding tert-OH is 2. The van der Waals surface area contributed by atoms with Gasteiger partial charge >= 0.3 is 0 Å². The molecule has 0 radical (unpaired) electrons. The molecule has 0 spiro atoms. The fourth-order valence-electron chi connectivity index (χ4n) is 8.60. The van der Waals surface area contributed by atoms with E-state index in [0.29, 0.717) is 12.3 Å². The lowest BCUT2D eigenvalue weighted by Crippen LogP contribution is -2.53.